The molecule has 0 unspecified atom stereocenters. The van der Waals surface area contributed by atoms with E-state index in [1.165, 1.54) is 37.8 Å². The second-order valence-corrected chi connectivity index (χ2v) is 5.85. The van der Waals surface area contributed by atoms with Gasteiger partial charge in [0, 0.05) is 13.0 Å². The number of carbonyl (C=O) groups excluding carboxylic acids is 1. The Labute approximate surface area is 125 Å². The Hall–Kier alpha value is -1.29. The predicted octanol–water partition coefficient (Wildman–Crippen LogP) is 4.05. The van der Waals surface area contributed by atoms with Crippen LogP contribution in [0.2, 0.25) is 0 Å². The van der Waals surface area contributed by atoms with Crippen LogP contribution < -0.4 is 0 Å². The average Bonchev–Trinajstić information content (AvgIpc) is 2.49. The van der Waals surface area contributed by atoms with Crippen molar-refractivity contribution >= 4 is 5.78 Å². The Morgan fingerprint density at radius 1 is 1.29 bits per heavy atom. The van der Waals surface area contributed by atoms with Crippen molar-refractivity contribution in [2.24, 2.45) is 5.92 Å². The summed E-state index contributed by atoms with van der Waals surface area (Å²) >= 11 is 0. The fourth-order valence-corrected chi connectivity index (χ4v) is 3.02. The van der Waals surface area contributed by atoms with Gasteiger partial charge in [-0.15, -0.1) is 0 Å². The van der Waals surface area contributed by atoms with Gasteiger partial charge in [-0.05, 0) is 44.0 Å². The predicted molar refractivity (Wildman–Crippen MR) is 79.4 cm³/mol. The summed E-state index contributed by atoms with van der Waals surface area (Å²) in [6, 6.07) is 3.76. The van der Waals surface area contributed by atoms with Gasteiger partial charge in [0.25, 0.3) is 0 Å². The zero-order valence-electron chi connectivity index (χ0n) is 12.6. The average molecular weight is 295 g/mol. The number of ketones is 1. The maximum Gasteiger partial charge on any atom is 0.169 e. The van der Waals surface area contributed by atoms with Crippen LogP contribution in [0.15, 0.2) is 18.2 Å². The van der Waals surface area contributed by atoms with Gasteiger partial charge in [0.15, 0.2) is 17.4 Å². The molecule has 21 heavy (non-hydrogen) atoms. The Morgan fingerprint density at radius 3 is 2.67 bits per heavy atom. The van der Waals surface area contributed by atoms with Gasteiger partial charge >= 0.3 is 0 Å². The fourth-order valence-electron chi connectivity index (χ4n) is 3.02. The number of Topliss-reactive ketones (excluding diaryl/α,β-unsaturated/α-hetero) is 1. The SMILES string of the molecule is CCCC1CCN(CCC(=O)c2cccc(F)c2F)CC1. The lowest BCUT2D eigenvalue weighted by molar-refractivity contribution is 0.0945. The van der Waals surface area contributed by atoms with Crippen molar-refractivity contribution in [3.05, 3.63) is 35.4 Å². The topological polar surface area (TPSA) is 20.3 Å². The maximum absolute atomic E-state index is 13.5. The molecular weight excluding hydrogens is 272 g/mol. The summed E-state index contributed by atoms with van der Waals surface area (Å²) in [5.74, 6) is -1.49. The summed E-state index contributed by atoms with van der Waals surface area (Å²) in [6.07, 6.45) is 5.11. The van der Waals surface area contributed by atoms with Gasteiger partial charge in [0.05, 0.1) is 5.56 Å². The first-order valence-corrected chi connectivity index (χ1v) is 7.81. The quantitative estimate of drug-likeness (QED) is 0.738. The van der Waals surface area contributed by atoms with Crippen molar-refractivity contribution < 1.29 is 13.6 Å². The molecule has 0 atom stereocenters. The smallest absolute Gasteiger partial charge is 0.169 e. The first-order valence-electron chi connectivity index (χ1n) is 7.81. The summed E-state index contributed by atoms with van der Waals surface area (Å²) in [6.45, 7) is 4.85. The molecule has 2 rings (SSSR count). The first kappa shape index (κ1) is 16.1. The van der Waals surface area contributed by atoms with E-state index in [-0.39, 0.29) is 17.8 Å². The van der Waals surface area contributed by atoms with Crippen LogP contribution in [-0.4, -0.2) is 30.3 Å². The molecule has 0 N–H and O–H groups in total. The highest BCUT2D eigenvalue weighted by Gasteiger charge is 2.20. The molecule has 1 saturated heterocycles. The van der Waals surface area contributed by atoms with Crippen molar-refractivity contribution in [2.75, 3.05) is 19.6 Å². The molecule has 1 aromatic carbocycles. The lowest BCUT2D eigenvalue weighted by Crippen LogP contribution is -2.35. The first-order chi connectivity index (χ1) is 10.1. The molecule has 0 amide bonds. The maximum atomic E-state index is 13.5. The number of hydrogen-bond donors (Lipinski definition) is 0. The molecule has 1 fully saturated rings. The fraction of sp³-hybridized carbons (Fsp3) is 0.588. The number of halogens is 2. The lowest BCUT2D eigenvalue weighted by atomic mass is 9.92. The summed E-state index contributed by atoms with van der Waals surface area (Å²) < 4.78 is 26.7. The Kier molecular flexibility index (Phi) is 5.85. The Morgan fingerprint density at radius 2 is 2.00 bits per heavy atom. The van der Waals surface area contributed by atoms with Crippen LogP contribution >= 0.6 is 0 Å². The van der Waals surface area contributed by atoms with E-state index in [0.29, 0.717) is 6.54 Å². The molecule has 2 nitrogen and oxygen atoms in total. The minimum absolute atomic E-state index is 0.129. The van der Waals surface area contributed by atoms with E-state index < -0.39 is 11.6 Å². The van der Waals surface area contributed by atoms with Crippen LogP contribution in [0.25, 0.3) is 0 Å². The standard InChI is InChI=1S/C17H23F2NO/c1-2-4-13-7-10-20(11-8-13)12-9-16(21)14-5-3-6-15(18)17(14)19/h3,5-6,13H,2,4,7-12H2,1H3. The highest BCUT2D eigenvalue weighted by molar-refractivity contribution is 5.96. The van der Waals surface area contributed by atoms with Gasteiger partial charge in [-0.25, -0.2) is 8.78 Å². The Balaban J connectivity index is 1.81. The van der Waals surface area contributed by atoms with Crippen LogP contribution in [0.1, 0.15) is 49.4 Å². The van der Waals surface area contributed by atoms with Crippen molar-refractivity contribution in [2.45, 2.75) is 39.0 Å². The highest BCUT2D eigenvalue weighted by atomic mass is 19.2. The van der Waals surface area contributed by atoms with Crippen LogP contribution in [0.4, 0.5) is 8.78 Å². The molecule has 1 aromatic rings. The second-order valence-electron chi connectivity index (χ2n) is 5.85. The van der Waals surface area contributed by atoms with Crippen LogP contribution in [0.5, 0.6) is 0 Å². The molecule has 0 aromatic heterocycles. The monoisotopic (exact) mass is 295 g/mol. The highest BCUT2D eigenvalue weighted by Crippen LogP contribution is 2.22. The molecule has 0 saturated carbocycles. The van der Waals surface area contributed by atoms with Gasteiger partial charge in [0.1, 0.15) is 0 Å². The van der Waals surface area contributed by atoms with E-state index in [9.17, 15) is 13.6 Å². The second kappa shape index (κ2) is 7.64. The zero-order valence-corrected chi connectivity index (χ0v) is 12.6. The van der Waals surface area contributed by atoms with E-state index in [1.807, 2.05) is 0 Å². The van der Waals surface area contributed by atoms with Crippen molar-refractivity contribution in [1.82, 2.24) is 4.90 Å². The number of nitrogens with zero attached hydrogens (tertiary/aromatic N) is 1. The number of rotatable bonds is 6. The van der Waals surface area contributed by atoms with Gasteiger partial charge in [-0.3, -0.25) is 4.79 Å². The third-order valence-corrected chi connectivity index (χ3v) is 4.31. The van der Waals surface area contributed by atoms with E-state index in [0.717, 1.165) is 25.1 Å². The molecule has 0 bridgehead atoms. The number of carbonyl (C=O) groups is 1. The summed E-state index contributed by atoms with van der Waals surface area (Å²) in [4.78, 5) is 14.2. The van der Waals surface area contributed by atoms with Crippen molar-refractivity contribution in [1.29, 1.82) is 0 Å². The van der Waals surface area contributed by atoms with Crippen LogP contribution in [-0.2, 0) is 0 Å². The minimum atomic E-state index is -1.02. The van der Waals surface area contributed by atoms with Gasteiger partial charge in [-0.2, -0.15) is 0 Å². The van der Waals surface area contributed by atoms with E-state index in [2.05, 4.69) is 11.8 Å². The molecule has 1 heterocycles. The van der Waals surface area contributed by atoms with Crippen LogP contribution in [0.3, 0.4) is 0 Å². The van der Waals surface area contributed by atoms with Crippen molar-refractivity contribution in [3.8, 4) is 0 Å². The number of likely N-dealkylation sites (tertiary alicyclic amines) is 1. The van der Waals surface area contributed by atoms with E-state index in [4.69, 9.17) is 0 Å². The molecule has 1 aliphatic rings. The van der Waals surface area contributed by atoms with Crippen molar-refractivity contribution in [3.63, 3.8) is 0 Å². The lowest BCUT2D eigenvalue weighted by Gasteiger charge is -2.31. The van der Waals surface area contributed by atoms with Gasteiger partial charge < -0.3 is 4.90 Å². The molecule has 0 aliphatic carbocycles. The number of hydrogen-bond acceptors (Lipinski definition) is 2. The van der Waals surface area contributed by atoms with Gasteiger partial charge in [0.2, 0.25) is 0 Å². The summed E-state index contributed by atoms with van der Waals surface area (Å²) in [7, 11) is 0. The summed E-state index contributed by atoms with van der Waals surface area (Å²) in [5, 5.41) is 0. The molecule has 0 radical (unpaired) electrons. The number of benzene rings is 1. The molecule has 4 heteroatoms. The third-order valence-electron chi connectivity index (χ3n) is 4.31. The normalized spacial score (nSPS) is 17.1. The Bertz CT molecular complexity index is 482. The summed E-state index contributed by atoms with van der Waals surface area (Å²) in [5.41, 5.74) is -0.129. The molecule has 1 aliphatic heterocycles. The third kappa shape index (κ3) is 4.34. The van der Waals surface area contributed by atoms with Crippen LogP contribution in [0, 0.1) is 17.6 Å². The molecule has 0 spiro atoms. The van der Waals surface area contributed by atoms with Gasteiger partial charge in [-0.1, -0.05) is 25.8 Å². The molecule has 116 valence electrons. The largest absolute Gasteiger partial charge is 0.303 e. The van der Waals surface area contributed by atoms with E-state index in [1.54, 1.807) is 0 Å². The molecular formula is C17H23F2NO. The minimum Gasteiger partial charge on any atom is -0.303 e. The van der Waals surface area contributed by atoms with E-state index >= 15 is 0 Å². The number of piperidine rings is 1. The zero-order chi connectivity index (χ0) is 15.2.